The molecule has 1 saturated carbocycles. The number of amides is 1. The van der Waals surface area contributed by atoms with Crippen LogP contribution in [0, 0.1) is 6.92 Å². The number of anilines is 1. The van der Waals surface area contributed by atoms with E-state index >= 15 is 0 Å². The first kappa shape index (κ1) is 27.0. The molecule has 0 spiro atoms. The van der Waals surface area contributed by atoms with Gasteiger partial charge >= 0.3 is 6.09 Å². The monoisotopic (exact) mass is 582 g/mol. The molecule has 1 aliphatic rings. The fourth-order valence-electron chi connectivity index (χ4n) is 5.02. The number of thiophene rings is 1. The number of benzene rings is 3. The molecule has 0 saturated heterocycles. The summed E-state index contributed by atoms with van der Waals surface area (Å²) in [5.74, 6) is 0. The molecule has 2 heterocycles. The molecule has 5 aromatic rings. The Morgan fingerprint density at radius 3 is 2.29 bits per heavy atom. The quantitative estimate of drug-likeness (QED) is 0.185. The van der Waals surface area contributed by atoms with Crippen molar-refractivity contribution < 1.29 is 19.1 Å². The fourth-order valence-corrected chi connectivity index (χ4v) is 6.49. The smallest absolute Gasteiger partial charge is 0.412 e. The first-order chi connectivity index (χ1) is 19.9. The van der Waals surface area contributed by atoms with Crippen LogP contribution in [-0.2, 0) is 19.9 Å². The number of ether oxygens (including phenoxy) is 2. The van der Waals surface area contributed by atoms with Crippen molar-refractivity contribution in [2.75, 3.05) is 5.32 Å². The molecule has 1 fully saturated rings. The molecule has 1 aliphatic carbocycles. The number of pyridine rings is 1. The number of carbonyl (C=O) groups is 2. The minimum atomic E-state index is -0.567. The van der Waals surface area contributed by atoms with Gasteiger partial charge in [-0.15, -0.1) is 11.3 Å². The predicted molar refractivity (Wildman–Crippen MR) is 163 cm³/mol. The summed E-state index contributed by atoms with van der Waals surface area (Å²) in [4.78, 5) is 30.4. The van der Waals surface area contributed by atoms with E-state index in [-0.39, 0.29) is 0 Å². The van der Waals surface area contributed by atoms with Crippen molar-refractivity contribution in [2.24, 2.45) is 0 Å². The highest BCUT2D eigenvalue weighted by atomic mass is 35.5. The molecular weight excluding hydrogens is 556 g/mol. The van der Waals surface area contributed by atoms with Crippen molar-refractivity contribution in [1.29, 1.82) is 0 Å². The van der Waals surface area contributed by atoms with Crippen molar-refractivity contribution in [1.82, 2.24) is 4.98 Å². The molecule has 2 aromatic heterocycles. The van der Waals surface area contributed by atoms with Gasteiger partial charge in [-0.25, -0.2) is 9.78 Å². The number of hydrogen-bond acceptors (Lipinski definition) is 6. The zero-order valence-corrected chi connectivity index (χ0v) is 24.1. The summed E-state index contributed by atoms with van der Waals surface area (Å²) in [5.41, 5.74) is 5.94. The van der Waals surface area contributed by atoms with Gasteiger partial charge < -0.3 is 9.47 Å². The van der Waals surface area contributed by atoms with Crippen molar-refractivity contribution >= 4 is 51.4 Å². The number of nitrogens with zero attached hydrogens (tertiary/aromatic N) is 1. The van der Waals surface area contributed by atoms with Gasteiger partial charge in [0.1, 0.15) is 16.5 Å². The van der Waals surface area contributed by atoms with E-state index in [9.17, 15) is 9.59 Å². The summed E-state index contributed by atoms with van der Waals surface area (Å²) in [6.07, 6.45) is 0.615. The van der Waals surface area contributed by atoms with E-state index in [0.29, 0.717) is 17.2 Å². The second-order valence-electron chi connectivity index (χ2n) is 10.2. The molecule has 3 aromatic carbocycles. The van der Waals surface area contributed by atoms with E-state index in [1.807, 2.05) is 73.7 Å². The number of nitrogens with one attached hydrogen (secondary N) is 1. The van der Waals surface area contributed by atoms with E-state index in [1.54, 1.807) is 13.0 Å². The van der Waals surface area contributed by atoms with Crippen molar-refractivity contribution in [3.8, 4) is 21.6 Å². The molecule has 41 heavy (non-hydrogen) atoms. The van der Waals surface area contributed by atoms with Gasteiger partial charge in [-0.1, -0.05) is 78.3 Å². The maximum absolute atomic E-state index is 13.1. The summed E-state index contributed by atoms with van der Waals surface area (Å²) in [5, 5.41) is 4.38. The zero-order chi connectivity index (χ0) is 28.6. The topological polar surface area (TPSA) is 77.5 Å². The summed E-state index contributed by atoms with van der Waals surface area (Å²) in [6, 6.07) is 27.6. The van der Waals surface area contributed by atoms with E-state index < -0.39 is 17.8 Å². The molecule has 0 bridgehead atoms. The van der Waals surface area contributed by atoms with Crippen LogP contribution in [0.3, 0.4) is 0 Å². The van der Waals surface area contributed by atoms with Crippen LogP contribution < -0.4 is 5.32 Å². The standard InChI is InChI=1S/C33H27ClN2O4S/c1-20-7-16-27-29(36-32(38)40-21(2)26-5-3-4-6-28(26)34)30(41-31(27)35-20)24-10-8-22(9-11-24)23-12-14-25(15-13-23)33(17-18-33)39-19-37/h3-16,19,21H,17-18H2,1-2H3,(H,36,38)/t21-/m1/s1. The third kappa shape index (κ3) is 5.43. The van der Waals surface area contributed by atoms with Gasteiger partial charge in [-0.2, -0.15) is 0 Å². The molecule has 1 atom stereocenters. The first-order valence-corrected chi connectivity index (χ1v) is 14.5. The van der Waals surface area contributed by atoms with Gasteiger partial charge in [0.25, 0.3) is 6.47 Å². The Morgan fingerprint density at radius 1 is 0.976 bits per heavy atom. The number of hydrogen-bond donors (Lipinski definition) is 1. The molecule has 0 radical (unpaired) electrons. The Kier molecular flexibility index (Phi) is 7.24. The minimum Gasteiger partial charge on any atom is -0.456 e. The third-order valence-corrected chi connectivity index (χ3v) is 8.91. The molecule has 1 N–H and O–H groups in total. The number of fused-ring (bicyclic) bond motifs is 1. The molecule has 206 valence electrons. The number of rotatable bonds is 8. The summed E-state index contributed by atoms with van der Waals surface area (Å²) in [7, 11) is 0. The third-order valence-electron chi connectivity index (χ3n) is 7.42. The number of halogens is 1. The van der Waals surface area contributed by atoms with E-state index in [2.05, 4.69) is 17.4 Å². The maximum atomic E-state index is 13.1. The Bertz CT molecular complexity index is 1740. The summed E-state index contributed by atoms with van der Waals surface area (Å²) < 4.78 is 11.0. The van der Waals surface area contributed by atoms with E-state index in [1.165, 1.54) is 11.3 Å². The van der Waals surface area contributed by atoms with Crippen molar-refractivity contribution in [3.05, 3.63) is 107 Å². The lowest BCUT2D eigenvalue weighted by molar-refractivity contribution is -0.136. The number of aryl methyl sites for hydroxylation is 1. The summed E-state index contributed by atoms with van der Waals surface area (Å²) in [6.45, 7) is 4.28. The normalized spacial score (nSPS) is 14.3. The molecular formula is C33H27ClN2O4S. The summed E-state index contributed by atoms with van der Waals surface area (Å²) >= 11 is 7.83. The molecule has 8 heteroatoms. The van der Waals surface area contributed by atoms with Gasteiger partial charge in [-0.05, 0) is 67.1 Å². The Morgan fingerprint density at radius 2 is 1.63 bits per heavy atom. The average molecular weight is 583 g/mol. The molecule has 6 nitrogen and oxygen atoms in total. The van der Waals surface area contributed by atoms with Crippen LogP contribution in [0.25, 0.3) is 31.8 Å². The minimum absolute atomic E-state index is 0.451. The van der Waals surface area contributed by atoms with Crippen LogP contribution in [0.15, 0.2) is 84.9 Å². The van der Waals surface area contributed by atoms with Gasteiger partial charge in [0, 0.05) is 21.7 Å². The highest BCUT2D eigenvalue weighted by Crippen LogP contribution is 2.49. The van der Waals surface area contributed by atoms with Gasteiger partial charge in [-0.3, -0.25) is 10.1 Å². The van der Waals surface area contributed by atoms with Crippen LogP contribution in [0.4, 0.5) is 10.5 Å². The lowest BCUT2D eigenvalue weighted by atomic mass is 9.99. The number of carbonyl (C=O) groups excluding carboxylic acids is 2. The van der Waals surface area contributed by atoms with Crippen LogP contribution in [0.1, 0.15) is 42.7 Å². The van der Waals surface area contributed by atoms with E-state index in [0.717, 1.165) is 61.4 Å². The van der Waals surface area contributed by atoms with Gasteiger partial charge in [0.15, 0.2) is 0 Å². The largest absolute Gasteiger partial charge is 0.456 e. The second kappa shape index (κ2) is 11.0. The first-order valence-electron chi connectivity index (χ1n) is 13.3. The Hall–Kier alpha value is -4.20. The van der Waals surface area contributed by atoms with Crippen molar-refractivity contribution in [2.45, 2.75) is 38.4 Å². The predicted octanol–water partition coefficient (Wildman–Crippen LogP) is 9.06. The highest BCUT2D eigenvalue weighted by Gasteiger charge is 2.46. The van der Waals surface area contributed by atoms with Crippen LogP contribution in [0.2, 0.25) is 5.02 Å². The fraction of sp³-hybridized carbons (Fsp3) is 0.182. The SMILES string of the molecule is Cc1ccc2c(NC(=O)O[C@H](C)c3ccccc3Cl)c(-c3ccc(-c4ccc(C5(OC=O)CC5)cc4)cc3)sc2n1. The second-order valence-corrected chi connectivity index (χ2v) is 11.6. The highest BCUT2D eigenvalue weighted by molar-refractivity contribution is 7.22. The van der Waals surface area contributed by atoms with Crippen LogP contribution in [0.5, 0.6) is 0 Å². The Balaban J connectivity index is 1.27. The Labute approximate surface area is 246 Å². The molecule has 1 amide bonds. The lowest BCUT2D eigenvalue weighted by Gasteiger charge is -2.16. The van der Waals surface area contributed by atoms with Crippen molar-refractivity contribution in [3.63, 3.8) is 0 Å². The van der Waals surface area contributed by atoms with E-state index in [4.69, 9.17) is 26.1 Å². The number of aromatic nitrogens is 1. The van der Waals surface area contributed by atoms with Gasteiger partial charge in [0.2, 0.25) is 0 Å². The van der Waals surface area contributed by atoms with Gasteiger partial charge in [0.05, 0.1) is 10.6 Å². The maximum Gasteiger partial charge on any atom is 0.412 e. The lowest BCUT2D eigenvalue weighted by Crippen LogP contribution is -2.16. The average Bonchev–Trinajstić information content (AvgIpc) is 3.68. The van der Waals surface area contributed by atoms with Crippen LogP contribution >= 0.6 is 22.9 Å². The molecule has 0 aliphatic heterocycles. The zero-order valence-electron chi connectivity index (χ0n) is 22.5. The van der Waals surface area contributed by atoms with Crippen LogP contribution in [-0.4, -0.2) is 17.5 Å². The molecule has 6 rings (SSSR count). The molecule has 0 unspecified atom stereocenters.